The molecule has 0 aliphatic rings. The van der Waals surface area contributed by atoms with Gasteiger partial charge in [-0.25, -0.2) is 0 Å². The second-order valence-corrected chi connectivity index (χ2v) is 7.13. The number of thiophene rings is 1. The molecule has 2 aromatic heterocycles. The highest BCUT2D eigenvalue weighted by Crippen LogP contribution is 2.21. The van der Waals surface area contributed by atoms with Gasteiger partial charge in [-0.3, -0.25) is 4.79 Å². The van der Waals surface area contributed by atoms with Crippen LogP contribution < -0.4 is 5.32 Å². The minimum absolute atomic E-state index is 0.0244. The van der Waals surface area contributed by atoms with Gasteiger partial charge in [0.15, 0.2) is 0 Å². The van der Waals surface area contributed by atoms with E-state index >= 15 is 0 Å². The van der Waals surface area contributed by atoms with Crippen molar-refractivity contribution in [1.82, 2.24) is 20.4 Å². The molecule has 1 unspecified atom stereocenters. The van der Waals surface area contributed by atoms with Gasteiger partial charge in [-0.05, 0) is 31.1 Å². The number of likely N-dealkylation sites (N-methyl/N-ethyl adjacent to an activating group) is 1. The Morgan fingerprint density at radius 1 is 1.23 bits per heavy atom. The Balaban J connectivity index is 1.49. The predicted octanol–water partition coefficient (Wildman–Crippen LogP) is 3.15. The zero-order valence-electron chi connectivity index (χ0n) is 14.9. The van der Waals surface area contributed by atoms with Gasteiger partial charge in [0.1, 0.15) is 0 Å². The van der Waals surface area contributed by atoms with Crippen LogP contribution in [-0.2, 0) is 11.2 Å². The van der Waals surface area contributed by atoms with Gasteiger partial charge in [-0.2, -0.15) is 4.98 Å². The predicted molar refractivity (Wildman–Crippen MR) is 102 cm³/mol. The number of carbonyl (C=O) groups excluding carboxylic acids is 1. The maximum Gasteiger partial charge on any atom is 0.227 e. The lowest BCUT2D eigenvalue weighted by Crippen LogP contribution is -2.34. The quantitative estimate of drug-likeness (QED) is 0.659. The zero-order valence-corrected chi connectivity index (χ0v) is 15.7. The fourth-order valence-corrected chi connectivity index (χ4v) is 3.30. The third-order valence-corrected chi connectivity index (χ3v) is 4.94. The molecule has 1 atom stereocenters. The molecule has 0 spiro atoms. The van der Waals surface area contributed by atoms with E-state index in [4.69, 9.17) is 4.52 Å². The van der Waals surface area contributed by atoms with Gasteiger partial charge in [0.2, 0.25) is 17.6 Å². The molecule has 1 amide bonds. The molecule has 1 N–H and O–H groups in total. The molecule has 0 aliphatic carbocycles. The Kier molecular flexibility index (Phi) is 6.14. The minimum atomic E-state index is -0.0244. The molecule has 0 fully saturated rings. The number of nitrogens with zero attached hydrogens (tertiary/aromatic N) is 3. The number of amides is 1. The van der Waals surface area contributed by atoms with E-state index in [-0.39, 0.29) is 11.9 Å². The summed E-state index contributed by atoms with van der Waals surface area (Å²) in [5.74, 6) is 1.03. The molecule has 3 rings (SSSR count). The lowest BCUT2D eigenvalue weighted by atomic mass is 10.1. The summed E-state index contributed by atoms with van der Waals surface area (Å²) in [6.45, 7) is 0.556. The highest BCUT2D eigenvalue weighted by molar-refractivity contribution is 7.13. The van der Waals surface area contributed by atoms with Gasteiger partial charge in [-0.15, -0.1) is 11.3 Å². The van der Waals surface area contributed by atoms with E-state index < -0.39 is 0 Å². The topological polar surface area (TPSA) is 71.3 Å². The van der Waals surface area contributed by atoms with Crippen LogP contribution in [-0.4, -0.2) is 41.6 Å². The van der Waals surface area contributed by atoms with Crippen LogP contribution in [0.1, 0.15) is 23.9 Å². The van der Waals surface area contributed by atoms with Crippen molar-refractivity contribution >= 4 is 17.2 Å². The number of aryl methyl sites for hydroxylation is 1. The van der Waals surface area contributed by atoms with Crippen LogP contribution in [0.25, 0.3) is 10.7 Å². The van der Waals surface area contributed by atoms with E-state index in [9.17, 15) is 4.79 Å². The Labute approximate surface area is 156 Å². The SMILES string of the molecule is CN(C)C(CNC(=O)CCc1nc(-c2cccs2)no1)c1ccccc1. The zero-order chi connectivity index (χ0) is 18.4. The summed E-state index contributed by atoms with van der Waals surface area (Å²) in [7, 11) is 4.02. The molecule has 3 aromatic rings. The number of benzene rings is 1. The Hall–Kier alpha value is -2.51. The van der Waals surface area contributed by atoms with Crippen molar-refractivity contribution in [3.63, 3.8) is 0 Å². The van der Waals surface area contributed by atoms with Crippen LogP contribution in [0.2, 0.25) is 0 Å². The number of nitrogens with one attached hydrogen (secondary N) is 1. The molecule has 0 saturated heterocycles. The van der Waals surface area contributed by atoms with Gasteiger partial charge in [0.05, 0.1) is 10.9 Å². The van der Waals surface area contributed by atoms with Gasteiger partial charge < -0.3 is 14.7 Å². The molecule has 0 aliphatic heterocycles. The third kappa shape index (κ3) is 4.77. The fraction of sp³-hybridized carbons (Fsp3) is 0.316. The Bertz CT molecular complexity index is 815. The number of hydrogen-bond acceptors (Lipinski definition) is 6. The molecular formula is C19H22N4O2S. The van der Waals surface area contributed by atoms with Crippen LogP contribution in [0.4, 0.5) is 0 Å². The van der Waals surface area contributed by atoms with E-state index in [1.807, 2.05) is 49.8 Å². The van der Waals surface area contributed by atoms with Crippen molar-refractivity contribution in [3.05, 3.63) is 59.3 Å². The summed E-state index contributed by atoms with van der Waals surface area (Å²) < 4.78 is 5.23. The smallest absolute Gasteiger partial charge is 0.227 e. The van der Waals surface area contributed by atoms with Crippen LogP contribution >= 0.6 is 11.3 Å². The normalized spacial score (nSPS) is 12.3. The third-order valence-electron chi connectivity index (χ3n) is 4.08. The standard InChI is InChI=1S/C19H22N4O2S/c1-23(2)15(14-7-4-3-5-8-14)13-20-17(24)10-11-18-21-19(22-25-18)16-9-6-12-26-16/h3-9,12,15H,10-11,13H2,1-2H3,(H,20,24). The number of hydrogen-bond donors (Lipinski definition) is 1. The number of carbonyl (C=O) groups is 1. The van der Waals surface area contributed by atoms with Crippen molar-refractivity contribution in [2.24, 2.45) is 0 Å². The average Bonchev–Trinajstić information content (AvgIpc) is 3.32. The van der Waals surface area contributed by atoms with E-state index in [0.29, 0.717) is 31.1 Å². The summed E-state index contributed by atoms with van der Waals surface area (Å²) in [5, 5.41) is 8.92. The van der Waals surface area contributed by atoms with Crippen molar-refractivity contribution in [1.29, 1.82) is 0 Å². The Morgan fingerprint density at radius 2 is 2.04 bits per heavy atom. The van der Waals surface area contributed by atoms with Crippen LogP contribution in [0.3, 0.4) is 0 Å². The first-order valence-corrected chi connectivity index (χ1v) is 9.36. The van der Waals surface area contributed by atoms with Crippen molar-refractivity contribution in [2.45, 2.75) is 18.9 Å². The molecule has 0 bridgehead atoms. The maximum absolute atomic E-state index is 12.2. The van der Waals surface area contributed by atoms with Crippen molar-refractivity contribution in [3.8, 4) is 10.7 Å². The highest BCUT2D eigenvalue weighted by atomic mass is 32.1. The summed E-state index contributed by atoms with van der Waals surface area (Å²) in [4.78, 5) is 19.6. The van der Waals surface area contributed by atoms with Crippen molar-refractivity contribution < 1.29 is 9.32 Å². The second-order valence-electron chi connectivity index (χ2n) is 6.18. The molecule has 0 radical (unpaired) electrons. The van der Waals surface area contributed by atoms with Crippen LogP contribution in [0.15, 0.2) is 52.4 Å². The van der Waals surface area contributed by atoms with Crippen molar-refractivity contribution in [2.75, 3.05) is 20.6 Å². The highest BCUT2D eigenvalue weighted by Gasteiger charge is 2.16. The molecule has 2 heterocycles. The van der Waals surface area contributed by atoms with Gasteiger partial charge in [0.25, 0.3) is 0 Å². The largest absolute Gasteiger partial charge is 0.354 e. The first-order chi connectivity index (χ1) is 12.6. The van der Waals surface area contributed by atoms with Crippen LogP contribution in [0, 0.1) is 0 Å². The van der Waals surface area contributed by atoms with E-state index in [1.54, 1.807) is 11.3 Å². The maximum atomic E-state index is 12.2. The number of rotatable bonds is 8. The summed E-state index contributed by atoms with van der Waals surface area (Å²) in [6, 6.07) is 14.2. The summed E-state index contributed by atoms with van der Waals surface area (Å²) in [6.07, 6.45) is 0.753. The molecule has 26 heavy (non-hydrogen) atoms. The molecule has 7 heteroatoms. The first-order valence-electron chi connectivity index (χ1n) is 8.48. The number of aromatic nitrogens is 2. The fourth-order valence-electron chi connectivity index (χ4n) is 2.66. The van der Waals surface area contributed by atoms with Gasteiger partial charge in [0, 0.05) is 19.4 Å². The minimum Gasteiger partial charge on any atom is -0.354 e. The summed E-state index contributed by atoms with van der Waals surface area (Å²) in [5.41, 5.74) is 1.18. The lowest BCUT2D eigenvalue weighted by molar-refractivity contribution is -0.121. The van der Waals surface area contributed by atoms with E-state index in [0.717, 1.165) is 4.88 Å². The molecule has 0 saturated carbocycles. The molecule has 1 aromatic carbocycles. The van der Waals surface area contributed by atoms with E-state index in [2.05, 4.69) is 32.5 Å². The van der Waals surface area contributed by atoms with Crippen LogP contribution in [0.5, 0.6) is 0 Å². The average molecular weight is 370 g/mol. The van der Waals surface area contributed by atoms with E-state index in [1.165, 1.54) is 5.56 Å². The molecule has 136 valence electrons. The van der Waals surface area contributed by atoms with Gasteiger partial charge >= 0.3 is 0 Å². The molecular weight excluding hydrogens is 348 g/mol. The first kappa shape index (κ1) is 18.3. The van der Waals surface area contributed by atoms with Gasteiger partial charge in [-0.1, -0.05) is 41.6 Å². The molecule has 6 nitrogen and oxygen atoms in total. The Morgan fingerprint density at radius 3 is 2.73 bits per heavy atom. The monoisotopic (exact) mass is 370 g/mol. The summed E-state index contributed by atoms with van der Waals surface area (Å²) >= 11 is 1.56. The lowest BCUT2D eigenvalue weighted by Gasteiger charge is -2.25. The second kappa shape index (κ2) is 8.73.